The highest BCUT2D eigenvalue weighted by Gasteiger charge is 2.20. The highest BCUT2D eigenvalue weighted by Crippen LogP contribution is 2.36. The van der Waals surface area contributed by atoms with Gasteiger partial charge in [-0.05, 0) is 29.3 Å². The number of nitrogens with zero attached hydrogens (tertiary/aromatic N) is 2. The lowest BCUT2D eigenvalue weighted by Gasteiger charge is -1.99. The second-order valence-corrected chi connectivity index (χ2v) is 4.06. The summed E-state index contributed by atoms with van der Waals surface area (Å²) < 4.78 is 0. The fraction of sp³-hybridized carbons (Fsp3) is 0.0909. The van der Waals surface area contributed by atoms with Crippen molar-refractivity contribution in [1.82, 2.24) is 10.2 Å². The lowest BCUT2D eigenvalue weighted by molar-refractivity contribution is 1.04. The van der Waals surface area contributed by atoms with Crippen LogP contribution in [0.3, 0.4) is 0 Å². The number of nitrogens with two attached hydrogens (primary N) is 1. The van der Waals surface area contributed by atoms with E-state index < -0.39 is 0 Å². The summed E-state index contributed by atoms with van der Waals surface area (Å²) in [5.74, 6) is 0.465. The topological polar surface area (TPSA) is 51.8 Å². The van der Waals surface area contributed by atoms with Crippen molar-refractivity contribution >= 4 is 17.4 Å². The van der Waals surface area contributed by atoms with Crippen LogP contribution in [0.25, 0.3) is 11.3 Å². The van der Waals surface area contributed by atoms with Crippen LogP contribution < -0.4 is 5.73 Å². The summed E-state index contributed by atoms with van der Waals surface area (Å²) in [4.78, 5) is 0. The summed E-state index contributed by atoms with van der Waals surface area (Å²) in [6, 6.07) is 7.69. The Morgan fingerprint density at radius 3 is 2.87 bits per heavy atom. The minimum atomic E-state index is 0.465. The minimum Gasteiger partial charge on any atom is -0.382 e. The number of halogens is 1. The molecule has 0 bridgehead atoms. The zero-order valence-corrected chi connectivity index (χ0v) is 8.62. The summed E-state index contributed by atoms with van der Waals surface area (Å²) in [6.07, 6.45) is 0.838. The molecule has 2 N–H and O–H groups in total. The van der Waals surface area contributed by atoms with Crippen LogP contribution in [0.5, 0.6) is 0 Å². The molecule has 0 amide bonds. The zero-order chi connectivity index (χ0) is 10.4. The van der Waals surface area contributed by atoms with Gasteiger partial charge in [0.15, 0.2) is 0 Å². The lowest BCUT2D eigenvalue weighted by Crippen LogP contribution is -1.95. The van der Waals surface area contributed by atoms with Gasteiger partial charge in [-0.2, -0.15) is 0 Å². The fourth-order valence-corrected chi connectivity index (χ4v) is 2.15. The van der Waals surface area contributed by atoms with Crippen LogP contribution >= 0.6 is 11.6 Å². The van der Waals surface area contributed by atoms with Crippen molar-refractivity contribution in [1.29, 1.82) is 0 Å². The number of hydrogen-bond acceptors (Lipinski definition) is 3. The van der Waals surface area contributed by atoms with Crippen LogP contribution in [0.2, 0.25) is 5.02 Å². The quantitative estimate of drug-likeness (QED) is 0.629. The lowest BCUT2D eigenvalue weighted by atomic mass is 10.1. The summed E-state index contributed by atoms with van der Waals surface area (Å²) in [5, 5.41) is 8.73. The SMILES string of the molecule is Nc1cc2c(nn1)-c1ccc(Cl)cc1C2. The van der Waals surface area contributed by atoms with E-state index in [1.165, 1.54) is 5.56 Å². The molecule has 0 unspecified atom stereocenters. The smallest absolute Gasteiger partial charge is 0.146 e. The van der Waals surface area contributed by atoms with E-state index in [-0.39, 0.29) is 0 Å². The number of hydrogen-bond donors (Lipinski definition) is 1. The maximum atomic E-state index is 5.94. The molecule has 1 aliphatic carbocycles. The van der Waals surface area contributed by atoms with Gasteiger partial charge in [0.2, 0.25) is 0 Å². The molecule has 3 rings (SSSR count). The van der Waals surface area contributed by atoms with E-state index in [1.54, 1.807) is 0 Å². The Labute approximate surface area is 91.9 Å². The average Bonchev–Trinajstić information content (AvgIpc) is 2.53. The Bertz CT molecular complexity index is 502. The standard InChI is InChI=1S/C11H8ClN3/c12-8-1-2-9-6(4-8)3-7-5-10(13)14-15-11(7)9/h1-2,4-5H,3H2,(H2,13,14). The van der Waals surface area contributed by atoms with Gasteiger partial charge in [0, 0.05) is 17.0 Å². The third kappa shape index (κ3) is 1.27. The minimum absolute atomic E-state index is 0.465. The highest BCUT2D eigenvalue weighted by molar-refractivity contribution is 6.30. The summed E-state index contributed by atoms with van der Waals surface area (Å²) in [6.45, 7) is 0. The first-order chi connectivity index (χ1) is 7.24. The van der Waals surface area contributed by atoms with Gasteiger partial charge >= 0.3 is 0 Å². The number of fused-ring (bicyclic) bond motifs is 3. The maximum absolute atomic E-state index is 5.94. The molecule has 1 aliphatic rings. The summed E-state index contributed by atoms with van der Waals surface area (Å²) in [7, 11) is 0. The molecule has 0 saturated heterocycles. The third-order valence-electron chi connectivity index (χ3n) is 2.60. The van der Waals surface area contributed by atoms with E-state index >= 15 is 0 Å². The Kier molecular flexibility index (Phi) is 1.70. The first-order valence-corrected chi connectivity index (χ1v) is 5.03. The largest absolute Gasteiger partial charge is 0.382 e. The molecule has 74 valence electrons. The molecule has 1 aromatic carbocycles. The van der Waals surface area contributed by atoms with Crippen LogP contribution in [-0.2, 0) is 6.42 Å². The highest BCUT2D eigenvalue weighted by atomic mass is 35.5. The summed E-state index contributed by atoms with van der Waals surface area (Å²) >= 11 is 5.94. The van der Waals surface area contributed by atoms with Crippen molar-refractivity contribution < 1.29 is 0 Å². The second-order valence-electron chi connectivity index (χ2n) is 3.62. The van der Waals surface area contributed by atoms with Gasteiger partial charge in [-0.15, -0.1) is 10.2 Å². The van der Waals surface area contributed by atoms with E-state index in [0.29, 0.717) is 5.82 Å². The third-order valence-corrected chi connectivity index (χ3v) is 2.83. The van der Waals surface area contributed by atoms with E-state index in [9.17, 15) is 0 Å². The first kappa shape index (κ1) is 8.68. The molecule has 0 fully saturated rings. The Balaban J connectivity index is 2.24. The Morgan fingerprint density at radius 2 is 2.00 bits per heavy atom. The molecule has 15 heavy (non-hydrogen) atoms. The fourth-order valence-electron chi connectivity index (χ4n) is 1.95. The van der Waals surface area contributed by atoms with Crippen LogP contribution in [0.1, 0.15) is 11.1 Å². The molecule has 0 saturated carbocycles. The van der Waals surface area contributed by atoms with E-state index in [0.717, 1.165) is 28.3 Å². The molecule has 2 aromatic rings. The van der Waals surface area contributed by atoms with Gasteiger partial charge in [-0.1, -0.05) is 17.7 Å². The van der Waals surface area contributed by atoms with Gasteiger partial charge in [0.25, 0.3) is 0 Å². The second kappa shape index (κ2) is 2.94. The van der Waals surface area contributed by atoms with Crippen molar-refractivity contribution in [2.75, 3.05) is 5.73 Å². The predicted molar refractivity (Wildman–Crippen MR) is 59.7 cm³/mol. The van der Waals surface area contributed by atoms with Crippen LogP contribution in [-0.4, -0.2) is 10.2 Å². The molecular weight excluding hydrogens is 210 g/mol. The normalized spacial score (nSPS) is 12.3. The molecule has 0 aliphatic heterocycles. The first-order valence-electron chi connectivity index (χ1n) is 4.65. The average molecular weight is 218 g/mol. The van der Waals surface area contributed by atoms with E-state index in [2.05, 4.69) is 10.2 Å². The van der Waals surface area contributed by atoms with Crippen LogP contribution in [0.15, 0.2) is 24.3 Å². The maximum Gasteiger partial charge on any atom is 0.146 e. The molecule has 4 heteroatoms. The van der Waals surface area contributed by atoms with Gasteiger partial charge in [0.1, 0.15) is 5.82 Å². The molecular formula is C11H8ClN3. The summed E-state index contributed by atoms with van der Waals surface area (Å²) in [5.41, 5.74) is 9.95. The molecule has 3 nitrogen and oxygen atoms in total. The van der Waals surface area contributed by atoms with Gasteiger partial charge < -0.3 is 5.73 Å². The number of rotatable bonds is 0. The number of anilines is 1. The number of benzene rings is 1. The van der Waals surface area contributed by atoms with Crippen molar-refractivity contribution in [3.05, 3.63) is 40.4 Å². The van der Waals surface area contributed by atoms with Crippen LogP contribution in [0, 0.1) is 0 Å². The molecule has 1 heterocycles. The van der Waals surface area contributed by atoms with Crippen molar-refractivity contribution in [2.45, 2.75) is 6.42 Å². The number of aromatic nitrogens is 2. The molecule has 0 atom stereocenters. The molecule has 1 aromatic heterocycles. The Hall–Kier alpha value is -1.61. The predicted octanol–water partition coefficient (Wildman–Crippen LogP) is 2.28. The van der Waals surface area contributed by atoms with Gasteiger partial charge in [0.05, 0.1) is 5.69 Å². The monoisotopic (exact) mass is 217 g/mol. The number of nitrogen functional groups attached to an aromatic ring is 1. The zero-order valence-electron chi connectivity index (χ0n) is 7.87. The van der Waals surface area contributed by atoms with Gasteiger partial charge in [-0.25, -0.2) is 0 Å². The van der Waals surface area contributed by atoms with E-state index in [4.69, 9.17) is 17.3 Å². The van der Waals surface area contributed by atoms with Crippen molar-refractivity contribution in [3.8, 4) is 11.3 Å². The van der Waals surface area contributed by atoms with Gasteiger partial charge in [-0.3, -0.25) is 0 Å². The Morgan fingerprint density at radius 1 is 1.13 bits per heavy atom. The molecule has 0 radical (unpaired) electrons. The van der Waals surface area contributed by atoms with E-state index in [1.807, 2.05) is 24.3 Å². The van der Waals surface area contributed by atoms with Crippen LogP contribution in [0.4, 0.5) is 5.82 Å². The molecule has 0 spiro atoms. The van der Waals surface area contributed by atoms with Crippen molar-refractivity contribution in [2.24, 2.45) is 0 Å². The van der Waals surface area contributed by atoms with Crippen molar-refractivity contribution in [3.63, 3.8) is 0 Å².